The van der Waals surface area contributed by atoms with Crippen LogP contribution < -0.4 is 10.1 Å². The molecule has 0 amide bonds. The molecule has 2 aromatic rings. The number of halogens is 1. The van der Waals surface area contributed by atoms with E-state index in [4.69, 9.17) is 10.1 Å². The topological polar surface area (TPSA) is 94.4 Å². The molecule has 1 aliphatic heterocycles. The van der Waals surface area contributed by atoms with E-state index in [2.05, 4.69) is 15.3 Å². The second-order valence-electron chi connectivity index (χ2n) is 8.73. The number of likely N-dealkylation sites (tertiary alicyclic amines) is 1. The zero-order chi connectivity index (χ0) is 22.1. The normalized spacial score (nSPS) is 26.2. The fourth-order valence-corrected chi connectivity index (χ4v) is 4.56. The average Bonchev–Trinajstić information content (AvgIpc) is 2.72. The van der Waals surface area contributed by atoms with E-state index < -0.39 is 6.17 Å². The van der Waals surface area contributed by atoms with Crippen LogP contribution in [0.25, 0.3) is 0 Å². The van der Waals surface area contributed by atoms with Crippen molar-refractivity contribution in [3.8, 4) is 6.01 Å². The number of hydrogen-bond acceptors (Lipinski definition) is 7. The van der Waals surface area contributed by atoms with Gasteiger partial charge in [0.05, 0.1) is 18.9 Å². The van der Waals surface area contributed by atoms with Crippen LogP contribution in [0.2, 0.25) is 0 Å². The predicted octanol–water partition coefficient (Wildman–Crippen LogP) is 3.53. The first-order chi connectivity index (χ1) is 14.9. The molecule has 1 aromatic carbocycles. The zero-order valence-electron chi connectivity index (χ0n) is 18.2. The second-order valence-corrected chi connectivity index (χ2v) is 8.73. The van der Waals surface area contributed by atoms with E-state index in [1.807, 2.05) is 37.1 Å². The van der Waals surface area contributed by atoms with Crippen molar-refractivity contribution in [2.75, 3.05) is 32.6 Å². The van der Waals surface area contributed by atoms with Crippen molar-refractivity contribution in [3.63, 3.8) is 0 Å². The molecular formula is C23H30FN5O2. The van der Waals surface area contributed by atoms with E-state index in [0.717, 1.165) is 29.8 Å². The molecule has 7 nitrogen and oxygen atoms in total. The fourth-order valence-electron chi connectivity index (χ4n) is 4.56. The maximum absolute atomic E-state index is 14.9. The Kier molecular flexibility index (Phi) is 6.20. The minimum absolute atomic E-state index is 0.163. The standard InChI is InChI=1S/C23H30FN5O2/c1-13-6-15(11-25)20(9-18(13)17-4-5-29(2)12-19(17)24)26-22-10-21(14-7-16(30)8-14)27-23(28-22)31-3/h6,9-11,14,16-17,19,25,30H,4-5,7-8,12H2,1-3H3,(H,26,27,28). The molecule has 2 heterocycles. The molecule has 1 aromatic heterocycles. The second kappa shape index (κ2) is 8.88. The van der Waals surface area contributed by atoms with Gasteiger partial charge in [0.25, 0.3) is 0 Å². The van der Waals surface area contributed by atoms with Crippen molar-refractivity contribution in [2.24, 2.45) is 0 Å². The van der Waals surface area contributed by atoms with Gasteiger partial charge in [0.1, 0.15) is 12.0 Å². The van der Waals surface area contributed by atoms with Crippen LogP contribution in [0.5, 0.6) is 6.01 Å². The molecule has 0 spiro atoms. The van der Waals surface area contributed by atoms with Crippen LogP contribution in [0.15, 0.2) is 18.2 Å². The van der Waals surface area contributed by atoms with Gasteiger partial charge in [-0.05, 0) is 63.0 Å². The van der Waals surface area contributed by atoms with Gasteiger partial charge in [-0.15, -0.1) is 0 Å². The maximum Gasteiger partial charge on any atom is 0.318 e. The third-order valence-corrected chi connectivity index (χ3v) is 6.44. The van der Waals surface area contributed by atoms with Crippen molar-refractivity contribution >= 4 is 17.7 Å². The molecule has 31 heavy (non-hydrogen) atoms. The van der Waals surface area contributed by atoms with Gasteiger partial charge in [-0.2, -0.15) is 9.97 Å². The molecule has 1 saturated heterocycles. The SMILES string of the molecule is COc1nc(Nc2cc(C3CCN(C)CC3F)c(C)cc2C=N)cc(C2CC(O)C2)n1. The summed E-state index contributed by atoms with van der Waals surface area (Å²) in [5, 5.41) is 20.8. The van der Waals surface area contributed by atoms with Crippen molar-refractivity contribution in [3.05, 3.63) is 40.6 Å². The van der Waals surface area contributed by atoms with Gasteiger partial charge in [0.15, 0.2) is 0 Å². The third kappa shape index (κ3) is 4.55. The molecule has 1 aliphatic carbocycles. The molecule has 2 atom stereocenters. The van der Waals surface area contributed by atoms with Crippen LogP contribution in [0.4, 0.5) is 15.9 Å². The van der Waals surface area contributed by atoms with Gasteiger partial charge >= 0.3 is 6.01 Å². The summed E-state index contributed by atoms with van der Waals surface area (Å²) in [5.41, 5.74) is 4.20. The maximum atomic E-state index is 14.9. The Morgan fingerprint density at radius 3 is 2.71 bits per heavy atom. The lowest BCUT2D eigenvalue weighted by atomic mass is 9.80. The average molecular weight is 428 g/mol. The smallest absolute Gasteiger partial charge is 0.318 e. The summed E-state index contributed by atoms with van der Waals surface area (Å²) in [6, 6.07) is 6.00. The lowest BCUT2D eigenvalue weighted by Gasteiger charge is -2.33. The number of piperidine rings is 1. The first-order valence-corrected chi connectivity index (χ1v) is 10.7. The monoisotopic (exact) mass is 427 g/mol. The molecule has 2 aliphatic rings. The van der Waals surface area contributed by atoms with E-state index >= 15 is 0 Å². The van der Waals surface area contributed by atoms with Crippen molar-refractivity contribution in [1.29, 1.82) is 5.41 Å². The molecule has 0 radical (unpaired) electrons. The molecule has 2 unspecified atom stereocenters. The zero-order valence-corrected chi connectivity index (χ0v) is 18.2. The molecule has 0 bridgehead atoms. The molecule has 2 fully saturated rings. The number of anilines is 2. The number of nitrogens with zero attached hydrogens (tertiary/aromatic N) is 3. The minimum atomic E-state index is -0.924. The number of methoxy groups -OCH3 is 1. The highest BCUT2D eigenvalue weighted by atomic mass is 19.1. The highest BCUT2D eigenvalue weighted by molar-refractivity contribution is 5.88. The molecule has 3 N–H and O–H groups in total. The van der Waals surface area contributed by atoms with Gasteiger partial charge in [-0.25, -0.2) is 4.39 Å². The Labute approximate surface area is 182 Å². The van der Waals surface area contributed by atoms with Gasteiger partial charge in [-0.1, -0.05) is 0 Å². The number of benzene rings is 1. The summed E-state index contributed by atoms with van der Waals surface area (Å²) >= 11 is 0. The van der Waals surface area contributed by atoms with Crippen LogP contribution in [0, 0.1) is 12.3 Å². The summed E-state index contributed by atoms with van der Waals surface area (Å²) in [4.78, 5) is 10.9. The van der Waals surface area contributed by atoms with E-state index in [-0.39, 0.29) is 24.0 Å². The highest BCUT2D eigenvalue weighted by Crippen LogP contribution is 2.38. The van der Waals surface area contributed by atoms with Crippen molar-refractivity contribution in [1.82, 2.24) is 14.9 Å². The third-order valence-electron chi connectivity index (χ3n) is 6.44. The number of hydrogen-bond donors (Lipinski definition) is 3. The highest BCUT2D eigenvalue weighted by Gasteiger charge is 2.32. The quantitative estimate of drug-likeness (QED) is 0.611. The minimum Gasteiger partial charge on any atom is -0.467 e. The Morgan fingerprint density at radius 1 is 1.29 bits per heavy atom. The largest absolute Gasteiger partial charge is 0.467 e. The van der Waals surface area contributed by atoms with Crippen molar-refractivity contribution in [2.45, 2.75) is 50.3 Å². The summed E-state index contributed by atoms with van der Waals surface area (Å²) in [5.74, 6) is 0.569. The number of aliphatic hydroxyl groups excluding tert-OH is 1. The first-order valence-electron chi connectivity index (χ1n) is 10.7. The van der Waals surface area contributed by atoms with Crippen LogP contribution in [0.1, 0.15) is 53.5 Å². The number of aliphatic hydroxyl groups is 1. The Bertz CT molecular complexity index is 963. The first kappa shape index (κ1) is 21.6. The number of rotatable bonds is 6. The molecule has 166 valence electrons. The van der Waals surface area contributed by atoms with Crippen LogP contribution in [-0.2, 0) is 0 Å². The number of aryl methyl sites for hydroxylation is 1. The number of ether oxygens (including phenoxy) is 1. The lowest BCUT2D eigenvalue weighted by molar-refractivity contribution is 0.0729. The number of nitrogens with one attached hydrogen (secondary N) is 2. The Hall–Kier alpha value is -2.58. The van der Waals surface area contributed by atoms with E-state index in [9.17, 15) is 9.50 Å². The summed E-state index contributed by atoms with van der Waals surface area (Å²) in [6.07, 6.45) is 2.20. The fraction of sp³-hybridized carbons (Fsp3) is 0.522. The lowest BCUT2D eigenvalue weighted by Crippen LogP contribution is -2.38. The van der Waals surface area contributed by atoms with Gasteiger partial charge in [0.2, 0.25) is 0 Å². The van der Waals surface area contributed by atoms with Crippen LogP contribution >= 0.6 is 0 Å². The number of alkyl halides is 1. The van der Waals surface area contributed by atoms with E-state index in [0.29, 0.717) is 36.5 Å². The summed E-state index contributed by atoms with van der Waals surface area (Å²) < 4.78 is 20.1. The van der Waals surface area contributed by atoms with E-state index in [1.54, 1.807) is 0 Å². The van der Waals surface area contributed by atoms with Gasteiger partial charge < -0.3 is 25.5 Å². The van der Waals surface area contributed by atoms with Crippen LogP contribution in [-0.4, -0.2) is 65.7 Å². The van der Waals surface area contributed by atoms with Gasteiger partial charge in [0, 0.05) is 41.9 Å². The van der Waals surface area contributed by atoms with Crippen LogP contribution in [0.3, 0.4) is 0 Å². The van der Waals surface area contributed by atoms with Crippen molar-refractivity contribution < 1.29 is 14.2 Å². The predicted molar refractivity (Wildman–Crippen MR) is 119 cm³/mol. The van der Waals surface area contributed by atoms with E-state index in [1.165, 1.54) is 13.3 Å². The molecule has 4 rings (SSSR count). The number of aromatic nitrogens is 2. The van der Waals surface area contributed by atoms with Gasteiger partial charge in [-0.3, -0.25) is 0 Å². The summed E-state index contributed by atoms with van der Waals surface area (Å²) in [6.45, 7) is 3.27. The molecule has 8 heteroatoms. The Morgan fingerprint density at radius 2 is 2.06 bits per heavy atom. The summed E-state index contributed by atoms with van der Waals surface area (Å²) in [7, 11) is 3.47. The Balaban J connectivity index is 1.66. The molecular weight excluding hydrogens is 397 g/mol. The molecule has 1 saturated carbocycles.